The smallest absolute Gasteiger partial charge is 0.0556 e. The topological polar surface area (TPSA) is 32.7 Å². The minimum atomic E-state index is 0.0251. The molecule has 2 fully saturated rings. The van der Waals surface area contributed by atoms with E-state index in [1.165, 1.54) is 32.4 Å². The highest BCUT2D eigenvalue weighted by Crippen LogP contribution is 2.31. The van der Waals surface area contributed by atoms with Crippen LogP contribution in [-0.2, 0) is 4.74 Å². The molecule has 0 amide bonds. The molecule has 3 nitrogen and oxygen atoms in total. The number of likely N-dealkylation sites (tertiary alicyclic amines) is 1. The first-order chi connectivity index (χ1) is 8.28. The maximum absolute atomic E-state index is 9.66. The van der Waals surface area contributed by atoms with E-state index in [4.69, 9.17) is 4.74 Å². The Bertz CT molecular complexity index is 218. The van der Waals surface area contributed by atoms with Gasteiger partial charge in [-0.1, -0.05) is 13.3 Å². The predicted molar refractivity (Wildman–Crippen MR) is 69.0 cm³/mol. The molecule has 0 bridgehead atoms. The van der Waals surface area contributed by atoms with Crippen molar-refractivity contribution in [3.05, 3.63) is 0 Å². The molecular weight excluding hydrogens is 214 g/mol. The summed E-state index contributed by atoms with van der Waals surface area (Å²) in [6, 6.07) is 0. The van der Waals surface area contributed by atoms with Crippen LogP contribution in [0.3, 0.4) is 0 Å². The van der Waals surface area contributed by atoms with Gasteiger partial charge in [-0.15, -0.1) is 0 Å². The van der Waals surface area contributed by atoms with Crippen molar-refractivity contribution < 1.29 is 9.84 Å². The number of hydrogen-bond donors (Lipinski definition) is 1. The first-order valence-corrected chi connectivity index (χ1v) is 7.19. The van der Waals surface area contributed by atoms with E-state index >= 15 is 0 Å². The van der Waals surface area contributed by atoms with Gasteiger partial charge >= 0.3 is 0 Å². The highest BCUT2D eigenvalue weighted by atomic mass is 16.5. The highest BCUT2D eigenvalue weighted by molar-refractivity contribution is 4.86. The molecule has 0 aromatic rings. The Hall–Kier alpha value is -0.120. The second-order valence-electron chi connectivity index (χ2n) is 5.94. The average molecular weight is 241 g/mol. The van der Waals surface area contributed by atoms with Gasteiger partial charge in [-0.2, -0.15) is 0 Å². The summed E-state index contributed by atoms with van der Waals surface area (Å²) in [6.45, 7) is 7.64. The maximum Gasteiger partial charge on any atom is 0.0556 e. The molecule has 0 radical (unpaired) electrons. The molecule has 0 saturated carbocycles. The molecule has 0 aromatic carbocycles. The number of aliphatic hydroxyl groups excluding tert-OH is 1. The van der Waals surface area contributed by atoms with Crippen LogP contribution in [0.1, 0.15) is 39.0 Å². The van der Waals surface area contributed by atoms with Gasteiger partial charge in [0.15, 0.2) is 0 Å². The van der Waals surface area contributed by atoms with Crippen molar-refractivity contribution in [2.24, 2.45) is 11.3 Å². The molecule has 2 heterocycles. The zero-order valence-electron chi connectivity index (χ0n) is 11.2. The third-order valence-electron chi connectivity index (χ3n) is 4.58. The van der Waals surface area contributed by atoms with Crippen molar-refractivity contribution in [1.29, 1.82) is 0 Å². The SMILES string of the molecule is CCC1CCN(CC2(CO)CCCOC2)CC1. The van der Waals surface area contributed by atoms with E-state index in [0.717, 1.165) is 38.5 Å². The van der Waals surface area contributed by atoms with Crippen molar-refractivity contribution in [2.45, 2.75) is 39.0 Å². The van der Waals surface area contributed by atoms with Crippen LogP contribution in [0.4, 0.5) is 0 Å². The van der Waals surface area contributed by atoms with Crippen molar-refractivity contribution >= 4 is 0 Å². The Labute approximate surface area is 105 Å². The van der Waals surface area contributed by atoms with E-state index in [-0.39, 0.29) is 12.0 Å². The largest absolute Gasteiger partial charge is 0.396 e. The van der Waals surface area contributed by atoms with E-state index in [9.17, 15) is 5.11 Å². The van der Waals surface area contributed by atoms with Crippen molar-refractivity contribution in [2.75, 3.05) is 39.5 Å². The van der Waals surface area contributed by atoms with Crippen LogP contribution in [0.25, 0.3) is 0 Å². The van der Waals surface area contributed by atoms with Gasteiger partial charge in [0.2, 0.25) is 0 Å². The lowest BCUT2D eigenvalue weighted by Crippen LogP contribution is -2.47. The zero-order valence-corrected chi connectivity index (χ0v) is 11.2. The van der Waals surface area contributed by atoms with E-state index in [2.05, 4.69) is 11.8 Å². The third kappa shape index (κ3) is 3.43. The number of rotatable bonds is 4. The van der Waals surface area contributed by atoms with E-state index in [1.807, 2.05) is 0 Å². The van der Waals surface area contributed by atoms with Crippen LogP contribution in [0.15, 0.2) is 0 Å². The lowest BCUT2D eigenvalue weighted by molar-refractivity contribution is -0.0589. The molecule has 2 saturated heterocycles. The van der Waals surface area contributed by atoms with Gasteiger partial charge in [0.1, 0.15) is 0 Å². The van der Waals surface area contributed by atoms with Crippen molar-refractivity contribution in [3.8, 4) is 0 Å². The van der Waals surface area contributed by atoms with Crippen LogP contribution >= 0.6 is 0 Å². The summed E-state index contributed by atoms with van der Waals surface area (Å²) in [5, 5.41) is 9.66. The normalized spacial score (nSPS) is 32.8. The van der Waals surface area contributed by atoms with Gasteiger partial charge in [-0.25, -0.2) is 0 Å². The standard InChI is InChI=1S/C14H27NO2/c1-2-13-4-7-15(8-5-13)10-14(11-16)6-3-9-17-12-14/h13,16H,2-12H2,1H3. The van der Waals surface area contributed by atoms with Crippen molar-refractivity contribution in [3.63, 3.8) is 0 Å². The van der Waals surface area contributed by atoms with Crippen molar-refractivity contribution in [1.82, 2.24) is 4.90 Å². The zero-order chi connectivity index (χ0) is 12.1. The Balaban J connectivity index is 1.82. The summed E-state index contributed by atoms with van der Waals surface area (Å²) in [6.07, 6.45) is 6.21. The van der Waals surface area contributed by atoms with Gasteiger partial charge in [0.05, 0.1) is 13.2 Å². The van der Waals surface area contributed by atoms with Gasteiger partial charge in [0, 0.05) is 18.6 Å². The molecule has 0 aromatic heterocycles. The summed E-state index contributed by atoms with van der Waals surface area (Å²) >= 11 is 0. The lowest BCUT2D eigenvalue weighted by atomic mass is 9.82. The molecule has 2 rings (SSSR count). The molecule has 2 aliphatic rings. The number of piperidine rings is 1. The number of aliphatic hydroxyl groups is 1. The molecule has 3 heteroatoms. The highest BCUT2D eigenvalue weighted by Gasteiger charge is 2.35. The predicted octanol–water partition coefficient (Wildman–Crippen LogP) is 1.90. The maximum atomic E-state index is 9.66. The number of nitrogens with zero attached hydrogens (tertiary/aromatic N) is 1. The number of ether oxygens (including phenoxy) is 1. The molecule has 17 heavy (non-hydrogen) atoms. The average Bonchev–Trinajstić information content (AvgIpc) is 2.41. The molecule has 1 unspecified atom stereocenters. The summed E-state index contributed by atoms with van der Waals surface area (Å²) in [4.78, 5) is 2.54. The van der Waals surface area contributed by atoms with E-state index < -0.39 is 0 Å². The first kappa shape index (κ1) is 13.3. The van der Waals surface area contributed by atoms with E-state index in [0.29, 0.717) is 0 Å². The minimum absolute atomic E-state index is 0.0251. The second-order valence-corrected chi connectivity index (χ2v) is 5.94. The van der Waals surface area contributed by atoms with Gasteiger partial charge in [0.25, 0.3) is 0 Å². The fourth-order valence-corrected chi connectivity index (χ4v) is 3.24. The Kier molecular flexibility index (Phi) is 4.83. The van der Waals surface area contributed by atoms with Crippen LogP contribution in [0.2, 0.25) is 0 Å². The summed E-state index contributed by atoms with van der Waals surface area (Å²) in [5.74, 6) is 0.930. The van der Waals surface area contributed by atoms with Crippen LogP contribution in [-0.4, -0.2) is 49.5 Å². The molecule has 0 aliphatic carbocycles. The lowest BCUT2D eigenvalue weighted by Gasteiger charge is -2.41. The molecule has 0 spiro atoms. The Morgan fingerprint density at radius 3 is 2.65 bits per heavy atom. The summed E-state index contributed by atoms with van der Waals surface area (Å²) in [7, 11) is 0. The fraction of sp³-hybridized carbons (Fsp3) is 1.00. The van der Waals surface area contributed by atoms with E-state index in [1.54, 1.807) is 0 Å². The van der Waals surface area contributed by atoms with Gasteiger partial charge < -0.3 is 14.7 Å². The molecule has 100 valence electrons. The quantitative estimate of drug-likeness (QED) is 0.816. The Morgan fingerprint density at radius 1 is 1.35 bits per heavy atom. The molecular formula is C14H27NO2. The summed E-state index contributed by atoms with van der Waals surface area (Å²) < 4.78 is 5.57. The fourth-order valence-electron chi connectivity index (χ4n) is 3.24. The second kappa shape index (κ2) is 6.17. The third-order valence-corrected chi connectivity index (χ3v) is 4.58. The Morgan fingerprint density at radius 2 is 2.12 bits per heavy atom. The molecule has 1 atom stereocenters. The van der Waals surface area contributed by atoms with Crippen LogP contribution in [0, 0.1) is 11.3 Å². The number of hydrogen-bond acceptors (Lipinski definition) is 3. The summed E-state index contributed by atoms with van der Waals surface area (Å²) in [5.41, 5.74) is 0.0251. The van der Waals surface area contributed by atoms with Gasteiger partial charge in [-0.3, -0.25) is 0 Å². The molecule has 2 aliphatic heterocycles. The van der Waals surface area contributed by atoms with Crippen LogP contribution in [0.5, 0.6) is 0 Å². The minimum Gasteiger partial charge on any atom is -0.396 e. The van der Waals surface area contributed by atoms with Crippen LogP contribution < -0.4 is 0 Å². The monoisotopic (exact) mass is 241 g/mol. The molecule has 1 N–H and O–H groups in total. The van der Waals surface area contributed by atoms with Gasteiger partial charge in [-0.05, 0) is 44.7 Å². The first-order valence-electron chi connectivity index (χ1n) is 7.19.